The van der Waals surface area contributed by atoms with E-state index in [-0.39, 0.29) is 22.4 Å². The van der Waals surface area contributed by atoms with Gasteiger partial charge in [-0.15, -0.1) is 0 Å². The van der Waals surface area contributed by atoms with E-state index >= 15 is 0 Å². The molecule has 2 N–H and O–H groups in total. The van der Waals surface area contributed by atoms with Crippen LogP contribution >= 0.6 is 0 Å². The lowest BCUT2D eigenvalue weighted by molar-refractivity contribution is -0.131. The highest BCUT2D eigenvalue weighted by molar-refractivity contribution is 7.90. The summed E-state index contributed by atoms with van der Waals surface area (Å²) >= 11 is 0. The predicted molar refractivity (Wildman–Crippen MR) is 139 cm³/mol. The van der Waals surface area contributed by atoms with Crippen LogP contribution in [0.25, 0.3) is 16.8 Å². The van der Waals surface area contributed by atoms with Crippen LogP contribution in [0.4, 0.5) is 0 Å². The maximum Gasteiger partial charge on any atom is 0.351 e. The molecule has 0 bridgehead atoms. The maximum atomic E-state index is 13.7. The van der Waals surface area contributed by atoms with Gasteiger partial charge in [-0.25, -0.2) is 18.2 Å². The predicted octanol–water partition coefficient (Wildman–Crippen LogP) is 4.29. The van der Waals surface area contributed by atoms with Gasteiger partial charge in [0.15, 0.2) is 9.84 Å². The van der Waals surface area contributed by atoms with Crippen LogP contribution in [0.15, 0.2) is 64.1 Å². The third-order valence-electron chi connectivity index (χ3n) is 6.80. The SMILES string of the molecule is C/C(=N\N1C(=O)C(C2CCCCC2)=C(c2ccc(-c3ccc(S(C)(=O)=O)cc3)cc2)NC1C)C(=O)O. The van der Waals surface area contributed by atoms with Gasteiger partial charge in [-0.05, 0) is 61.4 Å². The fourth-order valence-electron chi connectivity index (χ4n) is 4.82. The topological polar surface area (TPSA) is 116 Å². The largest absolute Gasteiger partial charge is 0.477 e. The van der Waals surface area contributed by atoms with Crippen LogP contribution in [0, 0.1) is 5.92 Å². The minimum absolute atomic E-state index is 0.0762. The highest BCUT2D eigenvalue weighted by Gasteiger charge is 2.37. The van der Waals surface area contributed by atoms with E-state index in [1.54, 1.807) is 31.2 Å². The number of carboxylic acid groups (broad SMARTS) is 1. The number of carboxylic acids is 1. The quantitative estimate of drug-likeness (QED) is 0.562. The Hall–Kier alpha value is -3.46. The summed E-state index contributed by atoms with van der Waals surface area (Å²) in [6.45, 7) is 3.16. The fourth-order valence-corrected chi connectivity index (χ4v) is 5.45. The van der Waals surface area contributed by atoms with Crippen molar-refractivity contribution in [2.75, 3.05) is 6.26 Å². The van der Waals surface area contributed by atoms with Crippen LogP contribution in [0.5, 0.6) is 0 Å². The first-order valence-corrected chi connectivity index (χ1v) is 14.0. The number of amides is 1. The Morgan fingerprint density at radius 1 is 0.972 bits per heavy atom. The zero-order valence-corrected chi connectivity index (χ0v) is 21.5. The molecule has 1 unspecified atom stereocenters. The number of hydrogen-bond acceptors (Lipinski definition) is 6. The van der Waals surface area contributed by atoms with Crippen LogP contribution in [-0.2, 0) is 19.4 Å². The summed E-state index contributed by atoms with van der Waals surface area (Å²) in [6.07, 6.45) is 5.71. The molecule has 4 rings (SSSR count). The lowest BCUT2D eigenvalue weighted by Crippen LogP contribution is -2.50. The number of aliphatic carboxylic acids is 1. The minimum Gasteiger partial charge on any atom is -0.477 e. The average Bonchev–Trinajstić information content (AvgIpc) is 2.86. The summed E-state index contributed by atoms with van der Waals surface area (Å²) in [4.78, 5) is 25.3. The lowest BCUT2D eigenvalue weighted by atomic mass is 9.80. The van der Waals surface area contributed by atoms with Gasteiger partial charge in [0, 0.05) is 11.8 Å². The molecule has 1 saturated carbocycles. The molecular weight excluding hydrogens is 478 g/mol. The van der Waals surface area contributed by atoms with Gasteiger partial charge in [0.2, 0.25) is 0 Å². The summed E-state index contributed by atoms with van der Waals surface area (Å²) in [5, 5.41) is 18.0. The average molecular weight is 510 g/mol. The van der Waals surface area contributed by atoms with Crippen molar-refractivity contribution in [3.8, 4) is 11.1 Å². The number of carbonyl (C=O) groups excluding carboxylic acids is 1. The molecule has 1 atom stereocenters. The maximum absolute atomic E-state index is 13.7. The monoisotopic (exact) mass is 509 g/mol. The fraction of sp³-hybridized carbons (Fsp3) is 0.370. The summed E-state index contributed by atoms with van der Waals surface area (Å²) in [5.41, 5.74) is 3.96. The van der Waals surface area contributed by atoms with Crippen LogP contribution in [0.3, 0.4) is 0 Å². The molecule has 2 aromatic rings. The van der Waals surface area contributed by atoms with E-state index in [0.717, 1.165) is 54.5 Å². The third-order valence-corrected chi connectivity index (χ3v) is 7.93. The van der Waals surface area contributed by atoms with Crippen molar-refractivity contribution in [3.63, 3.8) is 0 Å². The molecule has 1 heterocycles. The standard InChI is InChI=1S/C27H31N3O5S/c1-17(27(32)33)29-30-18(2)28-25(24(26(30)31)21-7-5-4-6-8-21)22-11-9-19(10-12-22)20-13-15-23(16-14-20)36(3,34)35/h9-16,18,21,28H,4-8H2,1-3H3,(H,32,33)/b29-17+. The second kappa shape index (κ2) is 10.3. The molecule has 9 heteroatoms. The van der Waals surface area contributed by atoms with E-state index in [1.807, 2.05) is 24.3 Å². The van der Waals surface area contributed by atoms with Gasteiger partial charge in [-0.1, -0.05) is 55.7 Å². The zero-order valence-electron chi connectivity index (χ0n) is 20.7. The highest BCUT2D eigenvalue weighted by Crippen LogP contribution is 2.37. The molecule has 190 valence electrons. The Morgan fingerprint density at radius 2 is 1.50 bits per heavy atom. The van der Waals surface area contributed by atoms with Gasteiger partial charge < -0.3 is 10.4 Å². The molecule has 2 aromatic carbocycles. The van der Waals surface area contributed by atoms with Crippen molar-refractivity contribution < 1.29 is 23.1 Å². The number of benzene rings is 2. The van der Waals surface area contributed by atoms with Gasteiger partial charge in [0.05, 0.1) is 10.6 Å². The van der Waals surface area contributed by atoms with E-state index in [2.05, 4.69) is 10.4 Å². The Morgan fingerprint density at radius 3 is 2.03 bits per heavy atom. The van der Waals surface area contributed by atoms with Crippen LogP contribution in [-0.4, -0.2) is 48.5 Å². The van der Waals surface area contributed by atoms with Crippen LogP contribution in [0.1, 0.15) is 51.5 Å². The Labute approximate surface area is 211 Å². The molecule has 0 saturated heterocycles. The van der Waals surface area contributed by atoms with E-state index in [9.17, 15) is 23.1 Å². The molecule has 0 radical (unpaired) electrons. The zero-order chi connectivity index (χ0) is 26.0. The highest BCUT2D eigenvalue weighted by atomic mass is 32.2. The van der Waals surface area contributed by atoms with Crippen LogP contribution in [0.2, 0.25) is 0 Å². The smallest absolute Gasteiger partial charge is 0.351 e. The van der Waals surface area contributed by atoms with Crippen molar-refractivity contribution in [2.45, 2.75) is 57.0 Å². The molecule has 0 aromatic heterocycles. The normalized spacial score (nSPS) is 19.9. The van der Waals surface area contributed by atoms with Gasteiger partial charge >= 0.3 is 5.97 Å². The van der Waals surface area contributed by atoms with E-state index in [4.69, 9.17) is 0 Å². The van der Waals surface area contributed by atoms with Crippen molar-refractivity contribution in [3.05, 3.63) is 59.7 Å². The molecule has 36 heavy (non-hydrogen) atoms. The number of hydrazone groups is 1. The van der Waals surface area contributed by atoms with Crippen molar-refractivity contribution >= 4 is 33.1 Å². The van der Waals surface area contributed by atoms with E-state index in [1.165, 1.54) is 18.2 Å². The van der Waals surface area contributed by atoms with Crippen molar-refractivity contribution in [2.24, 2.45) is 11.0 Å². The third kappa shape index (κ3) is 5.36. The van der Waals surface area contributed by atoms with Gasteiger partial charge in [-0.3, -0.25) is 4.79 Å². The molecule has 1 aliphatic carbocycles. The molecule has 2 aliphatic rings. The van der Waals surface area contributed by atoms with Gasteiger partial charge in [0.1, 0.15) is 11.9 Å². The van der Waals surface area contributed by atoms with Gasteiger partial charge in [-0.2, -0.15) is 5.10 Å². The van der Waals surface area contributed by atoms with E-state index < -0.39 is 22.0 Å². The number of nitrogens with zero attached hydrogens (tertiary/aromatic N) is 2. The summed E-state index contributed by atoms with van der Waals surface area (Å²) < 4.78 is 23.5. The van der Waals surface area contributed by atoms with E-state index in [0.29, 0.717) is 5.57 Å². The molecule has 8 nitrogen and oxygen atoms in total. The number of nitrogens with one attached hydrogen (secondary N) is 1. The Balaban J connectivity index is 1.71. The molecule has 0 spiro atoms. The number of hydrogen-bond donors (Lipinski definition) is 2. The Kier molecular flexibility index (Phi) is 7.31. The number of rotatable bonds is 6. The van der Waals surface area contributed by atoms with Crippen LogP contribution < -0.4 is 5.32 Å². The second-order valence-electron chi connectivity index (χ2n) is 9.46. The first kappa shape index (κ1) is 25.6. The second-order valence-corrected chi connectivity index (χ2v) is 11.5. The molecule has 1 fully saturated rings. The summed E-state index contributed by atoms with van der Waals surface area (Å²) in [7, 11) is -3.26. The van der Waals surface area contributed by atoms with Gasteiger partial charge in [0.25, 0.3) is 5.91 Å². The first-order chi connectivity index (χ1) is 17.1. The molecule has 1 aliphatic heterocycles. The molecule has 1 amide bonds. The summed E-state index contributed by atoms with van der Waals surface area (Å²) in [6, 6.07) is 14.6. The van der Waals surface area contributed by atoms with Crippen molar-refractivity contribution in [1.29, 1.82) is 0 Å². The number of carbonyl (C=O) groups is 2. The number of sulfone groups is 1. The summed E-state index contributed by atoms with van der Waals surface area (Å²) in [5.74, 6) is -1.35. The molecular formula is C27H31N3O5S. The first-order valence-electron chi connectivity index (χ1n) is 12.1. The lowest BCUT2D eigenvalue weighted by Gasteiger charge is -2.37. The van der Waals surface area contributed by atoms with Crippen molar-refractivity contribution in [1.82, 2.24) is 10.3 Å². The Bertz CT molecular complexity index is 1320. The minimum atomic E-state index is -3.26.